The Morgan fingerprint density at radius 3 is 2.18 bits per heavy atom. The summed E-state index contributed by atoms with van der Waals surface area (Å²) in [5, 5.41) is 14.2. The standard InChI is InChI=1S/C25H30N2O5S/c1-25(2,23(30)26-13-14-33-16-22(28)29)11-12-27-24(31)32-15-21-19-9-5-3-7-17(19)18-8-4-6-10-20(18)21/h3-10,21H,11-16H2,1-2H3,(H,26,30)(H,27,31)(H,28,29). The van der Waals surface area contributed by atoms with Gasteiger partial charge in [-0.25, -0.2) is 4.79 Å². The van der Waals surface area contributed by atoms with E-state index in [4.69, 9.17) is 9.84 Å². The van der Waals surface area contributed by atoms with Gasteiger partial charge in [0.2, 0.25) is 5.91 Å². The first-order valence-electron chi connectivity index (χ1n) is 11.0. The number of hydrogen-bond donors (Lipinski definition) is 3. The molecule has 0 heterocycles. The third-order valence-electron chi connectivity index (χ3n) is 5.74. The van der Waals surface area contributed by atoms with Crippen LogP contribution in [-0.4, -0.2) is 54.3 Å². The van der Waals surface area contributed by atoms with Crippen molar-refractivity contribution >= 4 is 29.7 Å². The summed E-state index contributed by atoms with van der Waals surface area (Å²) < 4.78 is 5.52. The Balaban J connectivity index is 1.42. The zero-order valence-electron chi connectivity index (χ0n) is 18.9. The van der Waals surface area contributed by atoms with E-state index in [-0.39, 0.29) is 24.2 Å². The number of carboxylic acids is 1. The number of aliphatic carboxylic acids is 1. The second-order valence-corrected chi connectivity index (χ2v) is 9.69. The molecule has 0 aliphatic heterocycles. The number of amides is 2. The number of carbonyl (C=O) groups excluding carboxylic acids is 2. The summed E-state index contributed by atoms with van der Waals surface area (Å²) in [6.45, 7) is 4.58. The van der Waals surface area contributed by atoms with Gasteiger partial charge >= 0.3 is 12.1 Å². The van der Waals surface area contributed by atoms with Crippen molar-refractivity contribution in [3.05, 3.63) is 59.7 Å². The number of hydrogen-bond acceptors (Lipinski definition) is 5. The summed E-state index contributed by atoms with van der Waals surface area (Å²) in [5.41, 5.74) is 4.00. The normalized spacial score (nSPS) is 12.5. The molecule has 2 aromatic rings. The predicted octanol–water partition coefficient (Wildman–Crippen LogP) is 3.88. The number of ether oxygens (including phenoxy) is 1. The monoisotopic (exact) mass is 470 g/mol. The van der Waals surface area contributed by atoms with Crippen molar-refractivity contribution in [1.82, 2.24) is 10.6 Å². The van der Waals surface area contributed by atoms with E-state index in [9.17, 15) is 14.4 Å². The van der Waals surface area contributed by atoms with Crippen molar-refractivity contribution in [3.63, 3.8) is 0 Å². The number of benzene rings is 2. The lowest BCUT2D eigenvalue weighted by atomic mass is 9.88. The third kappa shape index (κ3) is 6.51. The Labute approximate surface area is 198 Å². The molecule has 3 N–H and O–H groups in total. The molecule has 0 saturated heterocycles. The van der Waals surface area contributed by atoms with Crippen LogP contribution in [0.15, 0.2) is 48.5 Å². The number of rotatable bonds is 11. The van der Waals surface area contributed by atoms with Crippen LogP contribution in [0.3, 0.4) is 0 Å². The fourth-order valence-corrected chi connectivity index (χ4v) is 4.44. The molecule has 0 atom stereocenters. The molecule has 2 amide bonds. The van der Waals surface area contributed by atoms with Crippen molar-refractivity contribution < 1.29 is 24.2 Å². The Morgan fingerprint density at radius 1 is 0.970 bits per heavy atom. The lowest BCUT2D eigenvalue weighted by Gasteiger charge is -2.23. The highest BCUT2D eigenvalue weighted by Crippen LogP contribution is 2.44. The summed E-state index contributed by atoms with van der Waals surface area (Å²) in [6, 6.07) is 16.3. The molecule has 0 aromatic heterocycles. The average Bonchev–Trinajstić information content (AvgIpc) is 3.11. The van der Waals surface area contributed by atoms with Gasteiger partial charge in [-0.05, 0) is 28.7 Å². The van der Waals surface area contributed by atoms with E-state index in [1.54, 1.807) is 0 Å². The van der Waals surface area contributed by atoms with Gasteiger partial charge in [-0.3, -0.25) is 9.59 Å². The minimum atomic E-state index is -0.869. The Bertz CT molecular complexity index is 962. The number of thioether (sulfide) groups is 1. The molecule has 0 fully saturated rings. The molecule has 2 aromatic carbocycles. The van der Waals surface area contributed by atoms with Gasteiger partial charge in [-0.1, -0.05) is 62.4 Å². The molecular formula is C25H30N2O5S. The van der Waals surface area contributed by atoms with Gasteiger partial charge in [0, 0.05) is 30.2 Å². The van der Waals surface area contributed by atoms with Crippen LogP contribution in [-0.2, 0) is 14.3 Å². The minimum absolute atomic E-state index is 0.00404. The molecule has 0 saturated carbocycles. The highest BCUT2D eigenvalue weighted by molar-refractivity contribution is 7.99. The molecule has 7 nitrogen and oxygen atoms in total. The largest absolute Gasteiger partial charge is 0.481 e. The zero-order valence-corrected chi connectivity index (χ0v) is 19.7. The van der Waals surface area contributed by atoms with Gasteiger partial charge in [0.1, 0.15) is 6.61 Å². The van der Waals surface area contributed by atoms with E-state index in [0.717, 1.165) is 11.1 Å². The second kappa shape index (κ2) is 11.2. The lowest BCUT2D eigenvalue weighted by molar-refractivity contribution is -0.134. The van der Waals surface area contributed by atoms with Crippen molar-refractivity contribution in [2.75, 3.05) is 31.2 Å². The van der Waals surface area contributed by atoms with Crippen LogP contribution in [0.2, 0.25) is 0 Å². The lowest BCUT2D eigenvalue weighted by Crippen LogP contribution is -2.40. The van der Waals surface area contributed by atoms with Gasteiger partial charge in [0.15, 0.2) is 0 Å². The molecule has 0 unspecified atom stereocenters. The third-order valence-corrected chi connectivity index (χ3v) is 6.68. The van der Waals surface area contributed by atoms with Crippen molar-refractivity contribution in [1.29, 1.82) is 0 Å². The number of nitrogens with one attached hydrogen (secondary N) is 2. The van der Waals surface area contributed by atoms with Crippen LogP contribution in [0.1, 0.15) is 37.3 Å². The summed E-state index contributed by atoms with van der Waals surface area (Å²) in [7, 11) is 0. The average molecular weight is 471 g/mol. The fraction of sp³-hybridized carbons (Fsp3) is 0.400. The van der Waals surface area contributed by atoms with Gasteiger partial charge in [-0.15, -0.1) is 11.8 Å². The molecule has 0 bridgehead atoms. The Kier molecular flexibility index (Phi) is 8.38. The summed E-state index contributed by atoms with van der Waals surface area (Å²) in [4.78, 5) is 35.2. The van der Waals surface area contributed by atoms with E-state index in [1.807, 2.05) is 38.1 Å². The van der Waals surface area contributed by atoms with E-state index < -0.39 is 17.5 Å². The van der Waals surface area contributed by atoms with E-state index in [0.29, 0.717) is 25.3 Å². The molecular weight excluding hydrogens is 440 g/mol. The van der Waals surface area contributed by atoms with Crippen LogP contribution in [0.25, 0.3) is 11.1 Å². The van der Waals surface area contributed by atoms with Crippen LogP contribution >= 0.6 is 11.8 Å². The van der Waals surface area contributed by atoms with Crippen molar-refractivity contribution in [2.45, 2.75) is 26.2 Å². The first kappa shape index (κ1) is 24.6. The predicted molar refractivity (Wildman–Crippen MR) is 129 cm³/mol. The summed E-state index contributed by atoms with van der Waals surface area (Å²) >= 11 is 1.26. The molecule has 176 valence electrons. The number of carboxylic acid groups (broad SMARTS) is 1. The maximum absolute atomic E-state index is 12.4. The molecule has 0 radical (unpaired) electrons. The Morgan fingerprint density at radius 2 is 1.58 bits per heavy atom. The fourth-order valence-electron chi connectivity index (χ4n) is 3.88. The first-order chi connectivity index (χ1) is 15.8. The number of carbonyl (C=O) groups is 3. The maximum atomic E-state index is 12.4. The Hall–Kier alpha value is -3.00. The van der Waals surface area contributed by atoms with Crippen LogP contribution in [0.4, 0.5) is 4.79 Å². The van der Waals surface area contributed by atoms with Crippen LogP contribution < -0.4 is 10.6 Å². The van der Waals surface area contributed by atoms with E-state index in [2.05, 4.69) is 34.9 Å². The van der Waals surface area contributed by atoms with Gasteiger partial charge in [0.05, 0.1) is 5.75 Å². The van der Waals surface area contributed by atoms with Crippen molar-refractivity contribution in [3.8, 4) is 11.1 Å². The molecule has 33 heavy (non-hydrogen) atoms. The maximum Gasteiger partial charge on any atom is 0.407 e. The van der Waals surface area contributed by atoms with Crippen molar-refractivity contribution in [2.24, 2.45) is 5.41 Å². The number of fused-ring (bicyclic) bond motifs is 3. The van der Waals surface area contributed by atoms with Gasteiger partial charge in [0.25, 0.3) is 0 Å². The van der Waals surface area contributed by atoms with Gasteiger partial charge < -0.3 is 20.5 Å². The zero-order chi connectivity index (χ0) is 23.8. The topological polar surface area (TPSA) is 105 Å². The SMILES string of the molecule is CC(C)(CCNC(=O)OCC1c2ccccc2-c2ccccc21)C(=O)NCCSCC(=O)O. The summed E-state index contributed by atoms with van der Waals surface area (Å²) in [6.07, 6.45) is -0.0520. The molecule has 3 rings (SSSR count). The van der Waals surface area contributed by atoms with Gasteiger partial charge in [-0.2, -0.15) is 0 Å². The molecule has 8 heteroatoms. The molecule has 1 aliphatic carbocycles. The van der Waals surface area contributed by atoms with E-state index >= 15 is 0 Å². The highest BCUT2D eigenvalue weighted by atomic mass is 32.2. The quantitative estimate of drug-likeness (QED) is 0.431. The van der Waals surface area contributed by atoms with E-state index in [1.165, 1.54) is 22.9 Å². The molecule has 0 spiro atoms. The van der Waals surface area contributed by atoms with Crippen LogP contribution in [0, 0.1) is 5.41 Å². The smallest absolute Gasteiger partial charge is 0.407 e. The highest BCUT2D eigenvalue weighted by Gasteiger charge is 2.30. The second-order valence-electron chi connectivity index (χ2n) is 8.59. The summed E-state index contributed by atoms with van der Waals surface area (Å²) in [5.74, 6) is -0.446. The number of alkyl carbamates (subject to hydrolysis) is 1. The minimum Gasteiger partial charge on any atom is -0.481 e. The first-order valence-corrected chi connectivity index (χ1v) is 12.1. The van der Waals surface area contributed by atoms with Crippen LogP contribution in [0.5, 0.6) is 0 Å². The molecule has 1 aliphatic rings.